The second kappa shape index (κ2) is 7.39. The van der Waals surface area contributed by atoms with E-state index in [1.807, 2.05) is 43.3 Å². The summed E-state index contributed by atoms with van der Waals surface area (Å²) in [6, 6.07) is 11.3. The number of ether oxygens (including phenoxy) is 2. The van der Waals surface area contributed by atoms with Gasteiger partial charge >= 0.3 is 0 Å². The molecule has 0 atom stereocenters. The molecule has 0 spiro atoms. The van der Waals surface area contributed by atoms with Crippen LogP contribution in [0.5, 0.6) is 11.5 Å². The molecule has 0 saturated heterocycles. The lowest BCUT2D eigenvalue weighted by Gasteiger charge is -2.06. The molecule has 1 aliphatic carbocycles. The summed E-state index contributed by atoms with van der Waals surface area (Å²) >= 11 is 1.78. The Morgan fingerprint density at radius 1 is 1.06 bits per heavy atom. The van der Waals surface area contributed by atoms with Gasteiger partial charge in [-0.25, -0.2) is 14.5 Å². The minimum absolute atomic E-state index is 0.325. The van der Waals surface area contributed by atoms with Gasteiger partial charge in [0.25, 0.3) is 0 Å². The van der Waals surface area contributed by atoms with Crippen molar-refractivity contribution in [2.75, 3.05) is 6.61 Å². The van der Waals surface area contributed by atoms with Crippen LogP contribution in [-0.2, 0) is 19.4 Å². The Balaban J connectivity index is 1.24. The second-order valence-electron chi connectivity index (χ2n) is 7.44. The van der Waals surface area contributed by atoms with Crippen molar-refractivity contribution in [3.63, 3.8) is 0 Å². The topological polar surface area (TPSA) is 74.7 Å². The first kappa shape index (κ1) is 18.4. The minimum atomic E-state index is 0.325. The highest BCUT2D eigenvalue weighted by molar-refractivity contribution is 7.19. The zero-order valence-electron chi connectivity index (χ0n) is 17.0. The average molecular weight is 433 g/mol. The molecule has 5 aromatic rings. The van der Waals surface area contributed by atoms with Gasteiger partial charge in [-0.3, -0.25) is 0 Å². The van der Waals surface area contributed by atoms with E-state index in [0.717, 1.165) is 40.2 Å². The van der Waals surface area contributed by atoms with Crippen LogP contribution in [0.1, 0.15) is 29.5 Å². The first-order valence-corrected chi connectivity index (χ1v) is 11.2. The Bertz CT molecular complexity index is 1380. The lowest BCUT2D eigenvalue weighted by atomic mass is 10.2. The monoisotopic (exact) mass is 432 g/mol. The molecule has 1 aromatic carbocycles. The summed E-state index contributed by atoms with van der Waals surface area (Å²) in [5, 5.41) is 5.74. The Morgan fingerprint density at radius 3 is 2.74 bits per heavy atom. The molecule has 0 radical (unpaired) electrons. The number of aryl methyl sites for hydroxylation is 2. The van der Waals surface area contributed by atoms with Crippen molar-refractivity contribution in [2.45, 2.75) is 32.8 Å². The molecule has 0 N–H and O–H groups in total. The predicted molar refractivity (Wildman–Crippen MR) is 118 cm³/mol. The number of thiophene rings is 1. The molecule has 31 heavy (non-hydrogen) atoms. The van der Waals surface area contributed by atoms with E-state index in [1.54, 1.807) is 22.2 Å². The molecule has 156 valence electrons. The van der Waals surface area contributed by atoms with Crippen LogP contribution in [-0.4, -0.2) is 26.2 Å². The Kier molecular flexibility index (Phi) is 4.38. The summed E-state index contributed by atoms with van der Waals surface area (Å²) in [4.78, 5) is 11.9. The standard InChI is InChI=1S/C23H20N4O3S/c1-2-28-14-6-8-15(9-7-14)29-12-16-10-11-18(30-16)21-25-22-20-17-4-3-5-19(17)31-23(20)24-13-27(22)26-21/h6-11,13H,2-5,12H2,1H3. The van der Waals surface area contributed by atoms with Crippen molar-refractivity contribution in [1.82, 2.24) is 19.6 Å². The molecule has 0 saturated carbocycles. The smallest absolute Gasteiger partial charge is 0.217 e. The van der Waals surface area contributed by atoms with Crippen molar-refractivity contribution in [3.05, 3.63) is 58.9 Å². The van der Waals surface area contributed by atoms with Gasteiger partial charge < -0.3 is 13.9 Å². The van der Waals surface area contributed by atoms with Crippen molar-refractivity contribution in [2.24, 2.45) is 0 Å². The van der Waals surface area contributed by atoms with Gasteiger partial charge in [-0.1, -0.05) is 0 Å². The van der Waals surface area contributed by atoms with Gasteiger partial charge in [0, 0.05) is 4.88 Å². The summed E-state index contributed by atoms with van der Waals surface area (Å²) in [6.07, 6.45) is 5.17. The molecular weight excluding hydrogens is 412 g/mol. The van der Waals surface area contributed by atoms with Crippen molar-refractivity contribution >= 4 is 27.2 Å². The zero-order chi connectivity index (χ0) is 20.8. The molecular formula is C23H20N4O3S. The summed E-state index contributed by atoms with van der Waals surface area (Å²) < 4.78 is 19.0. The highest BCUT2D eigenvalue weighted by atomic mass is 32.1. The fourth-order valence-electron chi connectivity index (χ4n) is 4.03. The van der Waals surface area contributed by atoms with Crippen LogP contribution in [0.3, 0.4) is 0 Å². The lowest BCUT2D eigenvalue weighted by molar-refractivity contribution is 0.271. The second-order valence-corrected chi connectivity index (χ2v) is 8.53. The maximum absolute atomic E-state index is 5.96. The van der Waals surface area contributed by atoms with Gasteiger partial charge in [-0.05, 0) is 68.1 Å². The van der Waals surface area contributed by atoms with E-state index in [1.165, 1.54) is 16.9 Å². The van der Waals surface area contributed by atoms with Gasteiger partial charge in [-0.15, -0.1) is 16.4 Å². The van der Waals surface area contributed by atoms with E-state index >= 15 is 0 Å². The molecule has 8 heteroatoms. The van der Waals surface area contributed by atoms with Crippen molar-refractivity contribution < 1.29 is 13.9 Å². The highest BCUT2D eigenvalue weighted by Crippen LogP contribution is 2.38. The molecule has 4 heterocycles. The summed E-state index contributed by atoms with van der Waals surface area (Å²) in [7, 11) is 0. The number of furan rings is 1. The number of hydrogen-bond donors (Lipinski definition) is 0. The third-order valence-corrected chi connectivity index (χ3v) is 6.64. The Hall–Kier alpha value is -3.39. The normalized spacial score (nSPS) is 13.2. The number of nitrogens with zero attached hydrogens (tertiary/aromatic N) is 4. The van der Waals surface area contributed by atoms with Crippen LogP contribution < -0.4 is 9.47 Å². The van der Waals surface area contributed by atoms with E-state index in [-0.39, 0.29) is 0 Å². The number of benzene rings is 1. The van der Waals surface area contributed by atoms with Gasteiger partial charge in [0.2, 0.25) is 5.82 Å². The molecule has 0 bridgehead atoms. The molecule has 0 unspecified atom stereocenters. The molecule has 6 rings (SSSR count). The van der Waals surface area contributed by atoms with Gasteiger partial charge in [-0.2, -0.15) is 0 Å². The maximum Gasteiger partial charge on any atom is 0.217 e. The molecule has 0 amide bonds. The predicted octanol–water partition coefficient (Wildman–Crippen LogP) is 5.07. The zero-order valence-corrected chi connectivity index (χ0v) is 17.8. The summed E-state index contributed by atoms with van der Waals surface area (Å²) in [6.45, 7) is 2.93. The van der Waals surface area contributed by atoms with Gasteiger partial charge in [0.15, 0.2) is 11.4 Å². The third kappa shape index (κ3) is 3.23. The number of aromatic nitrogens is 4. The van der Waals surface area contributed by atoms with Crippen molar-refractivity contribution in [3.8, 4) is 23.1 Å². The fraction of sp³-hybridized carbons (Fsp3) is 0.261. The molecule has 1 aliphatic rings. The Morgan fingerprint density at radius 2 is 1.90 bits per heavy atom. The van der Waals surface area contributed by atoms with E-state index in [0.29, 0.717) is 30.6 Å². The molecule has 0 fully saturated rings. The quantitative estimate of drug-likeness (QED) is 0.373. The first-order valence-electron chi connectivity index (χ1n) is 10.4. The molecule has 0 aliphatic heterocycles. The van der Waals surface area contributed by atoms with E-state index in [9.17, 15) is 0 Å². The fourth-order valence-corrected chi connectivity index (χ4v) is 5.25. The van der Waals surface area contributed by atoms with Gasteiger partial charge in [0.05, 0.1) is 12.0 Å². The minimum Gasteiger partial charge on any atom is -0.494 e. The van der Waals surface area contributed by atoms with E-state index in [4.69, 9.17) is 18.9 Å². The van der Waals surface area contributed by atoms with Crippen LogP contribution in [0.15, 0.2) is 47.1 Å². The molecule has 4 aromatic heterocycles. The summed E-state index contributed by atoms with van der Waals surface area (Å²) in [5.41, 5.74) is 2.24. The lowest BCUT2D eigenvalue weighted by Crippen LogP contribution is -1.94. The molecule has 7 nitrogen and oxygen atoms in total. The van der Waals surface area contributed by atoms with Crippen LogP contribution >= 0.6 is 11.3 Å². The van der Waals surface area contributed by atoms with E-state index in [2.05, 4.69) is 10.1 Å². The van der Waals surface area contributed by atoms with Gasteiger partial charge in [0.1, 0.15) is 35.0 Å². The Labute approximate surface area is 182 Å². The SMILES string of the molecule is CCOc1ccc(OCc2ccc(-c3nc4c5c6c(sc5ncn4n3)CCC6)o2)cc1. The summed E-state index contributed by atoms with van der Waals surface area (Å²) in [5.74, 6) is 3.47. The largest absolute Gasteiger partial charge is 0.494 e. The average Bonchev–Trinajstić information content (AvgIpc) is 3.55. The number of rotatable bonds is 6. The van der Waals surface area contributed by atoms with Crippen molar-refractivity contribution in [1.29, 1.82) is 0 Å². The highest BCUT2D eigenvalue weighted by Gasteiger charge is 2.22. The van der Waals surface area contributed by atoms with Crippen LogP contribution in [0.4, 0.5) is 0 Å². The van der Waals surface area contributed by atoms with Crippen LogP contribution in [0.2, 0.25) is 0 Å². The van der Waals surface area contributed by atoms with Crippen LogP contribution in [0, 0.1) is 0 Å². The maximum atomic E-state index is 5.96. The number of fused-ring (bicyclic) bond motifs is 5. The third-order valence-electron chi connectivity index (χ3n) is 5.44. The van der Waals surface area contributed by atoms with Crippen LogP contribution in [0.25, 0.3) is 27.4 Å². The first-order chi connectivity index (χ1) is 15.3. The van der Waals surface area contributed by atoms with E-state index < -0.39 is 0 Å². The number of hydrogen-bond acceptors (Lipinski definition) is 7.